The average molecular weight is 266 g/mol. The van der Waals surface area contributed by atoms with Crippen molar-refractivity contribution in [2.45, 2.75) is 0 Å². The molecule has 0 aromatic heterocycles. The Bertz CT molecular complexity index is 427. The van der Waals surface area contributed by atoms with Gasteiger partial charge >= 0.3 is 0 Å². The van der Waals surface area contributed by atoms with Crippen molar-refractivity contribution in [2.24, 2.45) is 11.1 Å². The number of hydrogen-bond donors (Lipinski definition) is 1. The van der Waals surface area contributed by atoms with Crippen molar-refractivity contribution in [2.75, 3.05) is 52.5 Å². The smallest absolute Gasteiger partial charge is 0.162 e. The molecule has 106 valence electrons. The van der Waals surface area contributed by atoms with E-state index in [0.717, 1.165) is 36.9 Å². The number of anilines is 1. The molecule has 0 aliphatic carbocycles. The Morgan fingerprint density at radius 3 is 2.42 bits per heavy atom. The normalized spacial score (nSPS) is 16.6. The topological polar surface area (TPSA) is 57.0 Å². The Kier molecular flexibility index (Phi) is 4.17. The van der Waals surface area contributed by atoms with Gasteiger partial charge in [0.25, 0.3) is 0 Å². The third-order valence-corrected chi connectivity index (χ3v) is 3.63. The lowest BCUT2D eigenvalue weighted by Crippen LogP contribution is -2.54. The first-order valence-electron chi connectivity index (χ1n) is 6.35. The highest BCUT2D eigenvalue weighted by Crippen LogP contribution is 2.33. The van der Waals surface area contributed by atoms with E-state index in [-0.39, 0.29) is 5.41 Å². The second-order valence-corrected chi connectivity index (χ2v) is 5.09. The summed E-state index contributed by atoms with van der Waals surface area (Å²) < 4.78 is 15.9. The van der Waals surface area contributed by atoms with E-state index in [1.54, 1.807) is 14.2 Å². The van der Waals surface area contributed by atoms with Gasteiger partial charge in [-0.25, -0.2) is 0 Å². The van der Waals surface area contributed by atoms with Crippen molar-refractivity contribution in [3.05, 3.63) is 18.2 Å². The molecule has 0 amide bonds. The molecule has 1 saturated heterocycles. The number of hydrogen-bond acceptors (Lipinski definition) is 5. The van der Waals surface area contributed by atoms with Crippen LogP contribution in [0.4, 0.5) is 5.69 Å². The minimum Gasteiger partial charge on any atom is -0.493 e. The molecule has 1 aromatic carbocycles. The summed E-state index contributed by atoms with van der Waals surface area (Å²) in [5.41, 5.74) is 7.01. The fourth-order valence-corrected chi connectivity index (χ4v) is 2.32. The summed E-state index contributed by atoms with van der Waals surface area (Å²) in [5.74, 6) is 1.47. The van der Waals surface area contributed by atoms with E-state index in [9.17, 15) is 0 Å². The monoisotopic (exact) mass is 266 g/mol. The van der Waals surface area contributed by atoms with Gasteiger partial charge in [-0.1, -0.05) is 0 Å². The molecule has 1 fully saturated rings. The van der Waals surface area contributed by atoms with Gasteiger partial charge in [-0.2, -0.15) is 0 Å². The molecular weight excluding hydrogens is 244 g/mol. The van der Waals surface area contributed by atoms with Crippen LogP contribution in [0, 0.1) is 5.41 Å². The van der Waals surface area contributed by atoms with Gasteiger partial charge in [0.1, 0.15) is 0 Å². The number of methoxy groups -OCH3 is 2. The van der Waals surface area contributed by atoms with Crippen molar-refractivity contribution in [1.29, 1.82) is 0 Å². The standard InChI is InChI=1S/C14H22N2O3/c1-16(8-14(7-15)9-19-10-14)11-4-5-12(17-2)13(6-11)18-3/h4-6H,7-10,15H2,1-3H3. The van der Waals surface area contributed by atoms with Crippen LogP contribution in [-0.4, -0.2) is 47.6 Å². The van der Waals surface area contributed by atoms with Crippen molar-refractivity contribution >= 4 is 5.69 Å². The zero-order chi connectivity index (χ0) is 13.9. The number of rotatable bonds is 6. The number of nitrogens with zero attached hydrogens (tertiary/aromatic N) is 1. The molecule has 5 heteroatoms. The van der Waals surface area contributed by atoms with Gasteiger partial charge in [0.2, 0.25) is 0 Å². The van der Waals surface area contributed by atoms with Gasteiger partial charge in [-0.3, -0.25) is 0 Å². The zero-order valence-corrected chi connectivity index (χ0v) is 11.8. The Morgan fingerprint density at radius 2 is 1.95 bits per heavy atom. The SMILES string of the molecule is COc1ccc(N(C)CC2(CN)COC2)cc1OC. The molecule has 0 unspecified atom stereocenters. The maximum atomic E-state index is 5.85. The lowest BCUT2D eigenvalue weighted by molar-refractivity contribution is -0.101. The molecule has 0 spiro atoms. The molecule has 0 atom stereocenters. The van der Waals surface area contributed by atoms with E-state index in [4.69, 9.17) is 19.9 Å². The summed E-state index contributed by atoms with van der Waals surface area (Å²) >= 11 is 0. The molecule has 0 saturated carbocycles. The number of nitrogens with two attached hydrogens (primary N) is 1. The maximum Gasteiger partial charge on any atom is 0.162 e. The van der Waals surface area contributed by atoms with Gasteiger partial charge in [0.05, 0.1) is 27.4 Å². The first-order valence-corrected chi connectivity index (χ1v) is 6.35. The van der Waals surface area contributed by atoms with Crippen molar-refractivity contribution in [1.82, 2.24) is 0 Å². The fourth-order valence-electron chi connectivity index (χ4n) is 2.32. The first kappa shape index (κ1) is 14.0. The maximum absolute atomic E-state index is 5.85. The van der Waals surface area contributed by atoms with Gasteiger partial charge in [-0.05, 0) is 12.1 Å². The molecule has 2 rings (SSSR count). The third kappa shape index (κ3) is 2.77. The highest BCUT2D eigenvalue weighted by Gasteiger charge is 2.38. The Labute approximate surface area is 114 Å². The summed E-state index contributed by atoms with van der Waals surface area (Å²) in [6.07, 6.45) is 0. The minimum atomic E-state index is 0.0852. The van der Waals surface area contributed by atoms with E-state index in [1.807, 2.05) is 18.2 Å². The lowest BCUT2D eigenvalue weighted by atomic mass is 9.85. The molecule has 1 heterocycles. The van der Waals surface area contributed by atoms with Crippen LogP contribution in [0.1, 0.15) is 0 Å². The van der Waals surface area contributed by atoms with Crippen LogP contribution in [0.3, 0.4) is 0 Å². The van der Waals surface area contributed by atoms with Crippen LogP contribution >= 0.6 is 0 Å². The second-order valence-electron chi connectivity index (χ2n) is 5.09. The molecule has 1 aliphatic heterocycles. The second kappa shape index (κ2) is 5.67. The first-order chi connectivity index (χ1) is 9.14. The molecule has 0 bridgehead atoms. The molecular formula is C14H22N2O3. The van der Waals surface area contributed by atoms with Crippen LogP contribution in [-0.2, 0) is 4.74 Å². The predicted octanol–water partition coefficient (Wildman–Crippen LogP) is 1.12. The van der Waals surface area contributed by atoms with Crippen molar-refractivity contribution < 1.29 is 14.2 Å². The lowest BCUT2D eigenvalue weighted by Gasteiger charge is -2.43. The average Bonchev–Trinajstić information content (AvgIpc) is 2.41. The van der Waals surface area contributed by atoms with Crippen LogP contribution in [0.5, 0.6) is 11.5 Å². The van der Waals surface area contributed by atoms with Crippen LogP contribution in [0.25, 0.3) is 0 Å². The van der Waals surface area contributed by atoms with E-state index < -0.39 is 0 Å². The van der Waals surface area contributed by atoms with Gasteiger partial charge in [-0.15, -0.1) is 0 Å². The summed E-state index contributed by atoms with van der Waals surface area (Å²) in [4.78, 5) is 2.18. The highest BCUT2D eigenvalue weighted by atomic mass is 16.5. The minimum absolute atomic E-state index is 0.0852. The van der Waals surface area contributed by atoms with Crippen molar-refractivity contribution in [3.63, 3.8) is 0 Å². The molecule has 1 aliphatic rings. The van der Waals surface area contributed by atoms with Gasteiger partial charge in [0.15, 0.2) is 11.5 Å². The van der Waals surface area contributed by atoms with E-state index >= 15 is 0 Å². The molecule has 19 heavy (non-hydrogen) atoms. The van der Waals surface area contributed by atoms with Crippen LogP contribution in [0.2, 0.25) is 0 Å². The summed E-state index contributed by atoms with van der Waals surface area (Å²) in [5, 5.41) is 0. The quantitative estimate of drug-likeness (QED) is 0.836. The summed E-state index contributed by atoms with van der Waals surface area (Å²) in [6, 6.07) is 5.91. The Balaban J connectivity index is 2.12. The Hall–Kier alpha value is -1.46. The summed E-state index contributed by atoms with van der Waals surface area (Å²) in [6.45, 7) is 2.99. The molecule has 2 N–H and O–H groups in total. The fraction of sp³-hybridized carbons (Fsp3) is 0.571. The van der Waals surface area contributed by atoms with E-state index in [1.165, 1.54) is 0 Å². The molecule has 5 nitrogen and oxygen atoms in total. The number of benzene rings is 1. The Morgan fingerprint density at radius 1 is 1.26 bits per heavy atom. The van der Waals surface area contributed by atoms with Crippen molar-refractivity contribution in [3.8, 4) is 11.5 Å². The molecule has 0 radical (unpaired) electrons. The van der Waals surface area contributed by atoms with E-state index in [2.05, 4.69) is 11.9 Å². The van der Waals surface area contributed by atoms with E-state index in [0.29, 0.717) is 6.54 Å². The number of ether oxygens (including phenoxy) is 3. The highest BCUT2D eigenvalue weighted by molar-refractivity contribution is 5.56. The summed E-state index contributed by atoms with van der Waals surface area (Å²) in [7, 11) is 5.33. The van der Waals surface area contributed by atoms with Crippen LogP contribution < -0.4 is 20.1 Å². The largest absolute Gasteiger partial charge is 0.493 e. The third-order valence-electron chi connectivity index (χ3n) is 3.63. The zero-order valence-electron chi connectivity index (χ0n) is 11.8. The van der Waals surface area contributed by atoms with Gasteiger partial charge < -0.3 is 24.8 Å². The van der Waals surface area contributed by atoms with Crippen LogP contribution in [0.15, 0.2) is 18.2 Å². The predicted molar refractivity (Wildman–Crippen MR) is 75.1 cm³/mol. The van der Waals surface area contributed by atoms with Gasteiger partial charge in [0, 0.05) is 37.3 Å². The molecule has 1 aromatic rings.